The predicted octanol–water partition coefficient (Wildman–Crippen LogP) is 3.77. The van der Waals surface area contributed by atoms with Crippen molar-refractivity contribution in [3.8, 4) is 11.5 Å². The molecule has 1 atom stereocenters. The number of rotatable bonds is 2. The van der Waals surface area contributed by atoms with Crippen molar-refractivity contribution in [2.45, 2.75) is 33.4 Å². The molecule has 4 heteroatoms. The van der Waals surface area contributed by atoms with E-state index in [0.717, 1.165) is 23.7 Å². The molecular weight excluding hydrogens is 284 g/mol. The van der Waals surface area contributed by atoms with Gasteiger partial charge in [0, 0.05) is 24.0 Å². The summed E-state index contributed by atoms with van der Waals surface area (Å²) in [5, 5.41) is 8.52. The normalized spacial score (nSPS) is 17.0. The van der Waals surface area contributed by atoms with Crippen LogP contribution in [0.5, 0.6) is 0 Å². The molecule has 1 aliphatic heterocycles. The Labute approximate surface area is 136 Å². The zero-order chi connectivity index (χ0) is 16.0. The standard InChI is InChI=1S/C19H22N4/c1-13(2)18-17-10-7-11-22(17)19-16(12-20-18)14(3)21-23(19)15-8-5-4-6-9-15/h4-11,13,18,20H,12H2,1-3H3. The number of para-hydroxylation sites is 1. The second-order valence-electron chi connectivity index (χ2n) is 6.54. The summed E-state index contributed by atoms with van der Waals surface area (Å²) < 4.78 is 4.37. The second kappa shape index (κ2) is 5.39. The summed E-state index contributed by atoms with van der Waals surface area (Å²) in [7, 11) is 0. The number of aryl methyl sites for hydroxylation is 1. The Kier molecular flexibility index (Phi) is 3.34. The van der Waals surface area contributed by atoms with Gasteiger partial charge < -0.3 is 9.88 Å². The minimum Gasteiger partial charge on any atom is -0.304 e. The highest BCUT2D eigenvalue weighted by atomic mass is 15.4. The van der Waals surface area contributed by atoms with Crippen LogP contribution in [0.15, 0.2) is 48.7 Å². The van der Waals surface area contributed by atoms with E-state index in [2.05, 4.69) is 77.9 Å². The van der Waals surface area contributed by atoms with Crippen LogP contribution in [0.4, 0.5) is 0 Å². The molecule has 0 spiro atoms. The van der Waals surface area contributed by atoms with Crippen LogP contribution < -0.4 is 5.32 Å². The summed E-state index contributed by atoms with van der Waals surface area (Å²) >= 11 is 0. The SMILES string of the molecule is Cc1nn(-c2ccccc2)c2c1CNC(C(C)C)c1cccn1-2. The number of hydrogen-bond acceptors (Lipinski definition) is 2. The van der Waals surface area contributed by atoms with Crippen LogP contribution in [0.25, 0.3) is 11.5 Å². The fourth-order valence-electron chi connectivity index (χ4n) is 3.49. The lowest BCUT2D eigenvalue weighted by atomic mass is 10.0. The molecule has 3 heterocycles. The maximum Gasteiger partial charge on any atom is 0.145 e. The topological polar surface area (TPSA) is 34.8 Å². The van der Waals surface area contributed by atoms with Crippen molar-refractivity contribution >= 4 is 0 Å². The van der Waals surface area contributed by atoms with Gasteiger partial charge in [0.1, 0.15) is 5.82 Å². The summed E-state index contributed by atoms with van der Waals surface area (Å²) in [6, 6.07) is 15.0. The van der Waals surface area contributed by atoms with Gasteiger partial charge in [-0.3, -0.25) is 0 Å². The number of nitrogens with one attached hydrogen (secondary N) is 1. The lowest BCUT2D eigenvalue weighted by Gasteiger charge is -2.21. The maximum absolute atomic E-state index is 4.81. The summed E-state index contributed by atoms with van der Waals surface area (Å²) in [6.07, 6.45) is 2.15. The van der Waals surface area contributed by atoms with Gasteiger partial charge in [0.15, 0.2) is 0 Å². The van der Waals surface area contributed by atoms with E-state index in [1.807, 2.05) is 6.07 Å². The van der Waals surface area contributed by atoms with E-state index < -0.39 is 0 Å². The van der Waals surface area contributed by atoms with Gasteiger partial charge in [-0.15, -0.1) is 0 Å². The van der Waals surface area contributed by atoms with Crippen LogP contribution in [0.2, 0.25) is 0 Å². The molecule has 1 aromatic carbocycles. The Balaban J connectivity index is 1.96. The van der Waals surface area contributed by atoms with Crippen molar-refractivity contribution in [1.29, 1.82) is 0 Å². The highest BCUT2D eigenvalue weighted by Gasteiger charge is 2.28. The molecule has 23 heavy (non-hydrogen) atoms. The van der Waals surface area contributed by atoms with Crippen molar-refractivity contribution in [3.63, 3.8) is 0 Å². The number of fused-ring (bicyclic) bond motifs is 3. The fourth-order valence-corrected chi connectivity index (χ4v) is 3.49. The van der Waals surface area contributed by atoms with Gasteiger partial charge in [-0.1, -0.05) is 32.0 Å². The predicted molar refractivity (Wildman–Crippen MR) is 92.0 cm³/mol. The molecular formula is C19H22N4. The van der Waals surface area contributed by atoms with Gasteiger partial charge in [0.2, 0.25) is 0 Å². The molecule has 3 aromatic rings. The van der Waals surface area contributed by atoms with Crippen LogP contribution in [0, 0.1) is 12.8 Å². The van der Waals surface area contributed by atoms with E-state index in [4.69, 9.17) is 5.10 Å². The van der Waals surface area contributed by atoms with Crippen LogP contribution >= 0.6 is 0 Å². The highest BCUT2D eigenvalue weighted by Crippen LogP contribution is 2.32. The Morgan fingerprint density at radius 1 is 1.13 bits per heavy atom. The van der Waals surface area contributed by atoms with Crippen LogP contribution in [-0.4, -0.2) is 14.3 Å². The molecule has 0 bridgehead atoms. The molecule has 4 rings (SSSR count). The van der Waals surface area contributed by atoms with Gasteiger partial charge in [-0.2, -0.15) is 5.10 Å². The van der Waals surface area contributed by atoms with Gasteiger partial charge in [-0.05, 0) is 37.1 Å². The first-order chi connectivity index (χ1) is 11.2. The molecule has 118 valence electrons. The third-order valence-electron chi connectivity index (χ3n) is 4.65. The van der Waals surface area contributed by atoms with Crippen LogP contribution in [0.3, 0.4) is 0 Å². The molecule has 1 unspecified atom stereocenters. The van der Waals surface area contributed by atoms with Crippen LogP contribution in [-0.2, 0) is 6.54 Å². The molecule has 0 saturated carbocycles. The molecule has 0 radical (unpaired) electrons. The first-order valence-corrected chi connectivity index (χ1v) is 8.21. The average molecular weight is 306 g/mol. The minimum atomic E-state index is 0.348. The zero-order valence-corrected chi connectivity index (χ0v) is 13.8. The Hall–Kier alpha value is -2.33. The number of hydrogen-bond donors (Lipinski definition) is 1. The van der Waals surface area contributed by atoms with E-state index >= 15 is 0 Å². The van der Waals surface area contributed by atoms with Crippen molar-refractivity contribution in [2.24, 2.45) is 5.92 Å². The van der Waals surface area contributed by atoms with Crippen LogP contribution in [0.1, 0.15) is 36.8 Å². The van der Waals surface area contributed by atoms with E-state index in [-0.39, 0.29) is 0 Å². The lowest BCUT2D eigenvalue weighted by molar-refractivity contribution is 0.404. The molecule has 4 nitrogen and oxygen atoms in total. The third kappa shape index (κ3) is 2.21. The van der Waals surface area contributed by atoms with E-state index in [1.54, 1.807) is 0 Å². The summed E-state index contributed by atoms with van der Waals surface area (Å²) in [5.41, 5.74) is 4.75. The first kappa shape index (κ1) is 14.3. The highest BCUT2D eigenvalue weighted by molar-refractivity contribution is 5.48. The second-order valence-corrected chi connectivity index (χ2v) is 6.54. The lowest BCUT2D eigenvalue weighted by Crippen LogP contribution is -2.25. The third-order valence-corrected chi connectivity index (χ3v) is 4.65. The van der Waals surface area contributed by atoms with E-state index in [1.165, 1.54) is 11.3 Å². The smallest absolute Gasteiger partial charge is 0.145 e. The van der Waals surface area contributed by atoms with Crippen molar-refractivity contribution in [1.82, 2.24) is 19.7 Å². The zero-order valence-electron chi connectivity index (χ0n) is 13.8. The van der Waals surface area contributed by atoms with E-state index in [0.29, 0.717) is 12.0 Å². The Bertz CT molecular complexity index is 826. The van der Waals surface area contributed by atoms with Crippen molar-refractivity contribution < 1.29 is 0 Å². The monoisotopic (exact) mass is 306 g/mol. The van der Waals surface area contributed by atoms with Gasteiger partial charge in [0.25, 0.3) is 0 Å². The average Bonchev–Trinajstić information content (AvgIpc) is 3.09. The number of nitrogens with zero attached hydrogens (tertiary/aromatic N) is 3. The molecule has 0 amide bonds. The Morgan fingerprint density at radius 2 is 1.91 bits per heavy atom. The minimum absolute atomic E-state index is 0.348. The van der Waals surface area contributed by atoms with E-state index in [9.17, 15) is 0 Å². The molecule has 0 aliphatic carbocycles. The quantitative estimate of drug-likeness (QED) is 0.782. The first-order valence-electron chi connectivity index (χ1n) is 8.21. The van der Waals surface area contributed by atoms with Gasteiger partial charge in [0.05, 0.1) is 17.4 Å². The largest absolute Gasteiger partial charge is 0.304 e. The van der Waals surface area contributed by atoms with Crippen molar-refractivity contribution in [3.05, 3.63) is 65.6 Å². The summed E-state index contributed by atoms with van der Waals surface area (Å²) in [5.74, 6) is 1.69. The number of aromatic nitrogens is 3. The maximum atomic E-state index is 4.81. The fraction of sp³-hybridized carbons (Fsp3) is 0.316. The molecule has 1 N–H and O–H groups in total. The Morgan fingerprint density at radius 3 is 2.65 bits per heavy atom. The molecule has 1 aliphatic rings. The summed E-state index contributed by atoms with van der Waals surface area (Å²) in [4.78, 5) is 0. The van der Waals surface area contributed by atoms with Crippen molar-refractivity contribution in [2.75, 3.05) is 0 Å². The van der Waals surface area contributed by atoms with Gasteiger partial charge in [-0.25, -0.2) is 4.68 Å². The summed E-state index contributed by atoms with van der Waals surface area (Å²) in [6.45, 7) is 7.47. The number of benzene rings is 1. The molecule has 0 saturated heterocycles. The van der Waals surface area contributed by atoms with Gasteiger partial charge >= 0.3 is 0 Å². The molecule has 0 fully saturated rings. The molecule has 2 aromatic heterocycles.